The molecule has 2 aliphatic rings. The summed E-state index contributed by atoms with van der Waals surface area (Å²) in [6, 6.07) is 10.5. The van der Waals surface area contributed by atoms with Gasteiger partial charge in [0, 0.05) is 37.6 Å². The molecule has 0 aromatic heterocycles. The number of piperidine rings is 1. The van der Waals surface area contributed by atoms with Crippen LogP contribution in [-0.2, 0) is 16.1 Å². The number of benzene rings is 1. The molecule has 1 saturated carbocycles. The highest BCUT2D eigenvalue weighted by Gasteiger charge is 2.37. The number of amides is 2. The highest BCUT2D eigenvalue weighted by Crippen LogP contribution is 2.32. The van der Waals surface area contributed by atoms with Crippen molar-refractivity contribution in [3.8, 4) is 0 Å². The number of likely N-dealkylation sites (tertiary alicyclic amines) is 1. The van der Waals surface area contributed by atoms with Crippen molar-refractivity contribution in [2.75, 3.05) is 13.1 Å². The molecule has 1 aliphatic heterocycles. The third-order valence-electron chi connectivity index (χ3n) is 5.80. The maximum atomic E-state index is 13.1. The maximum absolute atomic E-state index is 13.1. The van der Waals surface area contributed by atoms with Gasteiger partial charge in [0.1, 0.15) is 0 Å². The van der Waals surface area contributed by atoms with E-state index < -0.39 is 0 Å². The normalized spacial score (nSPS) is 19.7. The average Bonchev–Trinajstić information content (AvgIpc) is 3.50. The predicted molar refractivity (Wildman–Crippen MR) is 109 cm³/mol. The number of nitrogens with two attached hydrogens (primary N) is 1. The summed E-state index contributed by atoms with van der Waals surface area (Å²) in [6.45, 7) is 5.78. The molecule has 1 aromatic carbocycles. The summed E-state index contributed by atoms with van der Waals surface area (Å²) in [5, 5.41) is 0. The van der Waals surface area contributed by atoms with Crippen molar-refractivity contribution < 1.29 is 9.59 Å². The van der Waals surface area contributed by atoms with Crippen molar-refractivity contribution in [1.82, 2.24) is 9.80 Å². The van der Waals surface area contributed by atoms with E-state index in [1.54, 1.807) is 0 Å². The first-order chi connectivity index (χ1) is 12.5. The molecule has 2 fully saturated rings. The van der Waals surface area contributed by atoms with Gasteiger partial charge in [-0.1, -0.05) is 37.3 Å². The third kappa shape index (κ3) is 5.45. The van der Waals surface area contributed by atoms with Crippen LogP contribution < -0.4 is 5.73 Å². The van der Waals surface area contributed by atoms with Crippen LogP contribution in [0.15, 0.2) is 30.3 Å². The molecule has 27 heavy (non-hydrogen) atoms. The van der Waals surface area contributed by atoms with Crippen molar-refractivity contribution in [3.05, 3.63) is 35.9 Å². The van der Waals surface area contributed by atoms with E-state index in [9.17, 15) is 9.59 Å². The smallest absolute Gasteiger partial charge is 0.226 e. The summed E-state index contributed by atoms with van der Waals surface area (Å²) in [5.41, 5.74) is 7.05. The molecule has 0 spiro atoms. The Labute approximate surface area is 168 Å². The summed E-state index contributed by atoms with van der Waals surface area (Å²) in [6.07, 6.45) is 3.74. The Morgan fingerprint density at radius 2 is 1.70 bits per heavy atom. The van der Waals surface area contributed by atoms with Crippen LogP contribution in [0.2, 0.25) is 0 Å². The fourth-order valence-electron chi connectivity index (χ4n) is 3.65. The lowest BCUT2D eigenvalue weighted by Crippen LogP contribution is -2.48. The molecule has 150 valence electrons. The fraction of sp³-hybridized carbons (Fsp3) is 0.619. The van der Waals surface area contributed by atoms with Gasteiger partial charge < -0.3 is 15.5 Å². The monoisotopic (exact) mass is 393 g/mol. The van der Waals surface area contributed by atoms with Crippen LogP contribution in [0.3, 0.4) is 0 Å². The Bertz CT molecular complexity index is 626. The minimum absolute atomic E-state index is 0. The van der Waals surface area contributed by atoms with Gasteiger partial charge in [-0.15, -0.1) is 12.4 Å². The number of nitrogens with zero attached hydrogens (tertiary/aromatic N) is 2. The largest absolute Gasteiger partial charge is 0.342 e. The van der Waals surface area contributed by atoms with E-state index in [1.807, 2.05) is 36.9 Å². The van der Waals surface area contributed by atoms with Gasteiger partial charge in [-0.05, 0) is 38.2 Å². The number of rotatable bonds is 6. The molecular weight excluding hydrogens is 362 g/mol. The summed E-state index contributed by atoms with van der Waals surface area (Å²) in [5.74, 6) is 0.259. The molecule has 6 heteroatoms. The second-order valence-electron chi connectivity index (χ2n) is 7.93. The van der Waals surface area contributed by atoms with Crippen LogP contribution >= 0.6 is 12.4 Å². The maximum Gasteiger partial charge on any atom is 0.226 e. The minimum Gasteiger partial charge on any atom is -0.342 e. The van der Waals surface area contributed by atoms with Crippen molar-refractivity contribution in [1.29, 1.82) is 0 Å². The van der Waals surface area contributed by atoms with Gasteiger partial charge >= 0.3 is 0 Å². The van der Waals surface area contributed by atoms with Crippen LogP contribution in [-0.4, -0.2) is 46.8 Å². The van der Waals surface area contributed by atoms with E-state index in [4.69, 9.17) is 5.73 Å². The average molecular weight is 394 g/mol. The lowest BCUT2D eigenvalue weighted by atomic mass is 9.93. The number of hydrogen-bond donors (Lipinski definition) is 1. The molecule has 2 amide bonds. The highest BCUT2D eigenvalue weighted by atomic mass is 35.5. The lowest BCUT2D eigenvalue weighted by molar-refractivity contribution is -0.143. The van der Waals surface area contributed by atoms with Gasteiger partial charge in [0.15, 0.2) is 0 Å². The van der Waals surface area contributed by atoms with Gasteiger partial charge in [-0.2, -0.15) is 0 Å². The number of carbonyl (C=O) groups excluding carboxylic acids is 2. The summed E-state index contributed by atoms with van der Waals surface area (Å²) in [4.78, 5) is 29.5. The van der Waals surface area contributed by atoms with E-state index in [0.29, 0.717) is 25.7 Å². The Morgan fingerprint density at radius 3 is 2.22 bits per heavy atom. The minimum atomic E-state index is -0.164. The summed E-state index contributed by atoms with van der Waals surface area (Å²) >= 11 is 0. The fourth-order valence-corrected chi connectivity index (χ4v) is 3.65. The quantitative estimate of drug-likeness (QED) is 0.808. The molecule has 1 heterocycles. The Morgan fingerprint density at radius 1 is 1.11 bits per heavy atom. The van der Waals surface area contributed by atoms with Crippen LogP contribution in [0.4, 0.5) is 0 Å². The highest BCUT2D eigenvalue weighted by molar-refractivity contribution is 5.85. The molecule has 5 nitrogen and oxygen atoms in total. The molecule has 1 saturated heterocycles. The zero-order valence-electron chi connectivity index (χ0n) is 16.3. The standard InChI is InChI=1S/C21H31N3O2.ClH/c1-15(16(2)22)20(25)23-12-10-18(11-13-23)21(26)24(19-8-9-19)14-17-6-4-3-5-7-17;/h3-7,15-16,18-19H,8-14,22H2,1-2H3;1H. The Kier molecular flexibility index (Phi) is 7.68. The summed E-state index contributed by atoms with van der Waals surface area (Å²) in [7, 11) is 0. The number of carbonyl (C=O) groups is 2. The van der Waals surface area contributed by atoms with E-state index >= 15 is 0 Å². The van der Waals surface area contributed by atoms with Gasteiger partial charge in [-0.3, -0.25) is 9.59 Å². The van der Waals surface area contributed by atoms with Gasteiger partial charge in [-0.25, -0.2) is 0 Å². The molecule has 2 unspecified atom stereocenters. The van der Waals surface area contributed by atoms with Crippen LogP contribution in [0.25, 0.3) is 0 Å². The van der Waals surface area contributed by atoms with Crippen molar-refractivity contribution in [3.63, 3.8) is 0 Å². The van der Waals surface area contributed by atoms with Crippen molar-refractivity contribution in [2.45, 2.75) is 58.2 Å². The molecule has 3 rings (SSSR count). The van der Waals surface area contributed by atoms with Gasteiger partial charge in [0.2, 0.25) is 11.8 Å². The first kappa shape index (κ1) is 21.7. The van der Waals surface area contributed by atoms with Crippen LogP contribution in [0.5, 0.6) is 0 Å². The Hall–Kier alpha value is -1.59. The molecule has 1 aliphatic carbocycles. The second-order valence-corrected chi connectivity index (χ2v) is 7.93. The lowest BCUT2D eigenvalue weighted by Gasteiger charge is -2.36. The molecule has 1 aromatic rings. The van der Waals surface area contributed by atoms with Crippen LogP contribution in [0.1, 0.15) is 45.1 Å². The van der Waals surface area contributed by atoms with E-state index in [0.717, 1.165) is 25.7 Å². The SMILES string of the molecule is CC(N)C(C)C(=O)N1CCC(C(=O)N(Cc2ccccc2)C2CC2)CC1.Cl. The van der Waals surface area contributed by atoms with Crippen LogP contribution in [0, 0.1) is 11.8 Å². The zero-order chi connectivity index (χ0) is 18.7. The zero-order valence-corrected chi connectivity index (χ0v) is 17.2. The first-order valence-corrected chi connectivity index (χ1v) is 9.86. The second kappa shape index (κ2) is 9.56. The van der Waals surface area contributed by atoms with Crippen molar-refractivity contribution in [2.24, 2.45) is 17.6 Å². The number of halogens is 1. The predicted octanol–water partition coefficient (Wildman–Crippen LogP) is 2.82. The van der Waals surface area contributed by atoms with E-state index in [-0.39, 0.29) is 42.1 Å². The first-order valence-electron chi connectivity index (χ1n) is 9.86. The van der Waals surface area contributed by atoms with Gasteiger partial charge in [0.05, 0.1) is 5.92 Å². The third-order valence-corrected chi connectivity index (χ3v) is 5.80. The Balaban J connectivity index is 0.00000261. The molecule has 2 N–H and O–H groups in total. The molecule has 0 bridgehead atoms. The molecular formula is C21H32ClN3O2. The van der Waals surface area contributed by atoms with Crippen molar-refractivity contribution >= 4 is 24.2 Å². The molecule has 0 radical (unpaired) electrons. The molecule has 2 atom stereocenters. The topological polar surface area (TPSA) is 66.6 Å². The van der Waals surface area contributed by atoms with Gasteiger partial charge in [0.25, 0.3) is 0 Å². The number of hydrogen-bond acceptors (Lipinski definition) is 3. The van der Waals surface area contributed by atoms with E-state index in [1.165, 1.54) is 5.56 Å². The van der Waals surface area contributed by atoms with E-state index in [2.05, 4.69) is 17.0 Å². The summed E-state index contributed by atoms with van der Waals surface area (Å²) < 4.78 is 0.